The third-order valence-corrected chi connectivity index (χ3v) is 2.03. The van der Waals surface area contributed by atoms with Gasteiger partial charge in [-0.05, 0) is 24.1 Å². The van der Waals surface area contributed by atoms with Crippen molar-refractivity contribution in [2.75, 3.05) is 6.54 Å². The number of halogens is 1. The molecule has 3 nitrogen and oxygen atoms in total. The van der Waals surface area contributed by atoms with Gasteiger partial charge >= 0.3 is 5.97 Å². The maximum Gasteiger partial charge on any atom is 0.308 e. The summed E-state index contributed by atoms with van der Waals surface area (Å²) < 4.78 is 12.5. The molecule has 76 valence electrons. The van der Waals surface area contributed by atoms with E-state index in [1.807, 2.05) is 0 Å². The van der Waals surface area contributed by atoms with Crippen molar-refractivity contribution in [3.63, 3.8) is 0 Å². The number of carboxylic acid groups (broad SMARTS) is 1. The van der Waals surface area contributed by atoms with Crippen molar-refractivity contribution in [1.82, 2.24) is 0 Å². The number of hydrogen-bond acceptors (Lipinski definition) is 2. The summed E-state index contributed by atoms with van der Waals surface area (Å²) in [5.74, 6) is -1.84. The maximum atomic E-state index is 12.5. The molecule has 0 aliphatic carbocycles. The van der Waals surface area contributed by atoms with Crippen molar-refractivity contribution in [1.29, 1.82) is 0 Å². The van der Waals surface area contributed by atoms with E-state index >= 15 is 0 Å². The number of benzene rings is 1. The predicted molar refractivity (Wildman–Crippen MR) is 50.3 cm³/mol. The second-order valence-electron chi connectivity index (χ2n) is 3.10. The van der Waals surface area contributed by atoms with Gasteiger partial charge in [-0.25, -0.2) is 4.39 Å². The van der Waals surface area contributed by atoms with Gasteiger partial charge in [0.15, 0.2) is 0 Å². The van der Waals surface area contributed by atoms with Crippen LogP contribution in [0.1, 0.15) is 5.56 Å². The summed E-state index contributed by atoms with van der Waals surface area (Å²) in [5.41, 5.74) is 6.08. The number of carboxylic acids is 1. The van der Waals surface area contributed by atoms with Crippen LogP contribution in [0.2, 0.25) is 0 Å². The molecule has 0 aromatic heterocycles. The zero-order valence-electron chi connectivity index (χ0n) is 7.61. The molecule has 0 unspecified atom stereocenters. The van der Waals surface area contributed by atoms with Gasteiger partial charge in [-0.1, -0.05) is 12.1 Å². The third kappa shape index (κ3) is 2.81. The van der Waals surface area contributed by atoms with Crippen molar-refractivity contribution < 1.29 is 14.3 Å². The molecule has 0 spiro atoms. The van der Waals surface area contributed by atoms with Crippen molar-refractivity contribution in [3.8, 4) is 0 Å². The molecule has 0 amide bonds. The molecule has 1 aromatic carbocycles. The van der Waals surface area contributed by atoms with Gasteiger partial charge in [0.05, 0.1) is 5.92 Å². The Kier molecular flexibility index (Phi) is 3.59. The van der Waals surface area contributed by atoms with Gasteiger partial charge in [0, 0.05) is 6.54 Å². The first-order valence-corrected chi connectivity index (χ1v) is 4.31. The highest BCUT2D eigenvalue weighted by Gasteiger charge is 2.15. The number of hydrogen-bond donors (Lipinski definition) is 2. The summed E-state index contributed by atoms with van der Waals surface area (Å²) in [5, 5.41) is 8.74. The van der Waals surface area contributed by atoms with Gasteiger partial charge < -0.3 is 10.8 Å². The van der Waals surface area contributed by atoms with E-state index in [2.05, 4.69) is 0 Å². The molecule has 1 atom stereocenters. The lowest BCUT2D eigenvalue weighted by Gasteiger charge is -2.08. The lowest BCUT2D eigenvalue weighted by molar-refractivity contribution is -0.141. The molecule has 1 aromatic rings. The third-order valence-electron chi connectivity index (χ3n) is 2.03. The molecule has 1 rings (SSSR count). The molecule has 14 heavy (non-hydrogen) atoms. The van der Waals surface area contributed by atoms with Gasteiger partial charge in [-0.2, -0.15) is 0 Å². The van der Waals surface area contributed by atoms with E-state index < -0.39 is 11.9 Å². The summed E-state index contributed by atoms with van der Waals surface area (Å²) in [4.78, 5) is 10.6. The van der Waals surface area contributed by atoms with Crippen molar-refractivity contribution in [2.45, 2.75) is 6.42 Å². The van der Waals surface area contributed by atoms with Crippen molar-refractivity contribution in [3.05, 3.63) is 35.6 Å². The average molecular weight is 197 g/mol. The summed E-state index contributed by atoms with van der Waals surface area (Å²) >= 11 is 0. The predicted octanol–water partition coefficient (Wildman–Crippen LogP) is 1.03. The lowest BCUT2D eigenvalue weighted by Crippen LogP contribution is -2.25. The molecule has 3 N–H and O–H groups in total. The Morgan fingerprint density at radius 1 is 1.43 bits per heavy atom. The molecule has 0 aliphatic rings. The zero-order valence-corrected chi connectivity index (χ0v) is 7.61. The van der Waals surface area contributed by atoms with E-state index in [4.69, 9.17) is 10.8 Å². The highest BCUT2D eigenvalue weighted by Crippen LogP contribution is 2.09. The SMILES string of the molecule is NC[C@H](Cc1ccc(F)cc1)C(=O)O. The van der Waals surface area contributed by atoms with Crippen LogP contribution in [-0.4, -0.2) is 17.6 Å². The fourth-order valence-corrected chi connectivity index (χ4v) is 1.18. The molecule has 0 radical (unpaired) electrons. The minimum absolute atomic E-state index is 0.0900. The first-order chi connectivity index (χ1) is 6.63. The Labute approximate surface area is 81.4 Å². The first-order valence-electron chi connectivity index (χ1n) is 4.31. The van der Waals surface area contributed by atoms with Gasteiger partial charge in [-0.3, -0.25) is 4.79 Å². The van der Waals surface area contributed by atoms with Crippen molar-refractivity contribution in [2.24, 2.45) is 11.7 Å². The van der Waals surface area contributed by atoms with E-state index in [1.54, 1.807) is 12.1 Å². The molecule has 0 bridgehead atoms. The van der Waals surface area contributed by atoms with Crippen LogP contribution < -0.4 is 5.73 Å². The Hall–Kier alpha value is -1.42. The molecule has 0 fully saturated rings. The van der Waals surface area contributed by atoms with Crippen LogP contribution in [0.5, 0.6) is 0 Å². The van der Waals surface area contributed by atoms with Gasteiger partial charge in [0.1, 0.15) is 5.82 Å². The standard InChI is InChI=1S/C10H12FNO2/c11-9-3-1-7(2-4-9)5-8(6-12)10(13)14/h1-4,8H,5-6,12H2,(H,13,14)/t8-/m0/s1. The number of rotatable bonds is 4. The number of carbonyl (C=O) groups is 1. The van der Waals surface area contributed by atoms with E-state index in [-0.39, 0.29) is 12.4 Å². The van der Waals surface area contributed by atoms with Crippen LogP contribution in [0.4, 0.5) is 4.39 Å². The van der Waals surface area contributed by atoms with E-state index in [9.17, 15) is 9.18 Å². The minimum atomic E-state index is -0.920. The van der Waals surface area contributed by atoms with Crippen LogP contribution in [0.25, 0.3) is 0 Å². The number of nitrogens with two attached hydrogens (primary N) is 1. The molecule has 0 aliphatic heterocycles. The molecule has 4 heteroatoms. The topological polar surface area (TPSA) is 63.3 Å². The summed E-state index contributed by atoms with van der Waals surface area (Å²) in [6, 6.07) is 5.76. The van der Waals surface area contributed by atoms with Crippen LogP contribution in [-0.2, 0) is 11.2 Å². The molecule has 0 saturated heterocycles. The average Bonchev–Trinajstić information content (AvgIpc) is 2.16. The van der Waals surface area contributed by atoms with Crippen LogP contribution in [0.15, 0.2) is 24.3 Å². The summed E-state index contributed by atoms with van der Waals surface area (Å²) in [6.45, 7) is 0.0900. The lowest BCUT2D eigenvalue weighted by atomic mass is 10.00. The van der Waals surface area contributed by atoms with Crippen LogP contribution >= 0.6 is 0 Å². The molecule has 0 saturated carbocycles. The Balaban J connectivity index is 2.67. The summed E-state index contributed by atoms with van der Waals surface area (Å²) in [6.07, 6.45) is 0.339. The Bertz CT molecular complexity index is 310. The smallest absolute Gasteiger partial charge is 0.308 e. The minimum Gasteiger partial charge on any atom is -0.481 e. The largest absolute Gasteiger partial charge is 0.481 e. The van der Waals surface area contributed by atoms with Crippen LogP contribution in [0, 0.1) is 11.7 Å². The second kappa shape index (κ2) is 4.72. The number of aliphatic carboxylic acids is 1. The van der Waals surface area contributed by atoms with Crippen molar-refractivity contribution >= 4 is 5.97 Å². The quantitative estimate of drug-likeness (QED) is 0.757. The second-order valence-corrected chi connectivity index (χ2v) is 3.10. The van der Waals surface area contributed by atoms with E-state index in [1.165, 1.54) is 12.1 Å². The van der Waals surface area contributed by atoms with E-state index in [0.717, 1.165) is 5.56 Å². The zero-order chi connectivity index (χ0) is 10.6. The maximum absolute atomic E-state index is 12.5. The van der Waals surface area contributed by atoms with E-state index in [0.29, 0.717) is 6.42 Å². The Morgan fingerprint density at radius 2 is 2.00 bits per heavy atom. The molecular formula is C10H12FNO2. The fraction of sp³-hybridized carbons (Fsp3) is 0.300. The highest BCUT2D eigenvalue weighted by molar-refractivity contribution is 5.70. The summed E-state index contributed by atoms with van der Waals surface area (Å²) in [7, 11) is 0. The normalized spacial score (nSPS) is 12.4. The van der Waals surface area contributed by atoms with Crippen LogP contribution in [0.3, 0.4) is 0 Å². The van der Waals surface area contributed by atoms with Gasteiger partial charge in [0.2, 0.25) is 0 Å². The highest BCUT2D eigenvalue weighted by atomic mass is 19.1. The molecule has 0 heterocycles. The Morgan fingerprint density at radius 3 is 2.43 bits per heavy atom. The van der Waals surface area contributed by atoms with Gasteiger partial charge in [0.25, 0.3) is 0 Å². The fourth-order valence-electron chi connectivity index (χ4n) is 1.18. The monoisotopic (exact) mass is 197 g/mol. The first kappa shape index (κ1) is 10.7. The molecular weight excluding hydrogens is 185 g/mol. The van der Waals surface area contributed by atoms with Gasteiger partial charge in [-0.15, -0.1) is 0 Å².